The molecule has 0 spiro atoms. The summed E-state index contributed by atoms with van der Waals surface area (Å²) in [4.78, 5) is 11.1. The van der Waals surface area contributed by atoms with Gasteiger partial charge in [-0.1, -0.05) is 46.0 Å². The second-order valence-corrected chi connectivity index (χ2v) is 6.97. The fraction of sp³-hybridized carbons (Fsp3) is 0.938. The number of ether oxygens (including phenoxy) is 1. The molecule has 7 heteroatoms. The Hall–Kier alpha value is -0.820. The number of halogens is 3. The SMILES string of the molecule is CC(C)C[C@H](OC(=O)C(F)(F)F)[C@H](O)[C@@H](N)CC1CCCCC1. The summed E-state index contributed by atoms with van der Waals surface area (Å²) in [6, 6.07) is -0.692. The highest BCUT2D eigenvalue weighted by molar-refractivity contribution is 5.75. The van der Waals surface area contributed by atoms with Crippen molar-refractivity contribution in [3.8, 4) is 0 Å². The Morgan fingerprint density at radius 2 is 1.83 bits per heavy atom. The summed E-state index contributed by atoms with van der Waals surface area (Å²) in [5.74, 6) is -1.92. The van der Waals surface area contributed by atoms with Crippen LogP contribution in [0.25, 0.3) is 0 Å². The molecule has 0 saturated heterocycles. The molecule has 0 unspecified atom stereocenters. The zero-order chi connectivity index (χ0) is 17.6. The molecule has 1 saturated carbocycles. The number of rotatable bonds is 7. The monoisotopic (exact) mass is 339 g/mol. The van der Waals surface area contributed by atoms with E-state index in [9.17, 15) is 23.1 Å². The lowest BCUT2D eigenvalue weighted by atomic mass is 9.83. The van der Waals surface area contributed by atoms with Crippen LogP contribution in [0.5, 0.6) is 0 Å². The quantitative estimate of drug-likeness (QED) is 0.699. The van der Waals surface area contributed by atoms with Crippen LogP contribution in [0.2, 0.25) is 0 Å². The van der Waals surface area contributed by atoms with Crippen LogP contribution in [-0.4, -0.2) is 35.5 Å². The van der Waals surface area contributed by atoms with Crippen molar-refractivity contribution in [3.05, 3.63) is 0 Å². The highest BCUT2D eigenvalue weighted by Crippen LogP contribution is 2.29. The molecule has 4 nitrogen and oxygen atoms in total. The third-order valence-electron chi connectivity index (χ3n) is 4.34. The van der Waals surface area contributed by atoms with Gasteiger partial charge in [0.2, 0.25) is 0 Å². The normalized spacial score (nSPS) is 21.0. The Kier molecular flexibility index (Phi) is 7.80. The number of hydrogen-bond acceptors (Lipinski definition) is 4. The van der Waals surface area contributed by atoms with Gasteiger partial charge in [0.25, 0.3) is 0 Å². The molecule has 0 aromatic carbocycles. The lowest BCUT2D eigenvalue weighted by Gasteiger charge is -2.31. The molecular formula is C16H28F3NO3. The molecule has 3 N–H and O–H groups in total. The van der Waals surface area contributed by atoms with Crippen LogP contribution in [0.15, 0.2) is 0 Å². The third kappa shape index (κ3) is 7.08. The van der Waals surface area contributed by atoms with Crippen molar-refractivity contribution in [2.45, 2.75) is 83.2 Å². The van der Waals surface area contributed by atoms with Gasteiger partial charge >= 0.3 is 12.1 Å². The van der Waals surface area contributed by atoms with E-state index in [4.69, 9.17) is 5.73 Å². The van der Waals surface area contributed by atoms with E-state index in [2.05, 4.69) is 4.74 Å². The molecule has 1 fully saturated rings. The number of hydrogen-bond donors (Lipinski definition) is 2. The summed E-state index contributed by atoms with van der Waals surface area (Å²) in [5.41, 5.74) is 5.99. The number of carbonyl (C=O) groups excluding carboxylic acids is 1. The average molecular weight is 339 g/mol. The van der Waals surface area contributed by atoms with Crippen LogP contribution in [0.3, 0.4) is 0 Å². The van der Waals surface area contributed by atoms with Crippen molar-refractivity contribution in [2.75, 3.05) is 0 Å². The first-order valence-electron chi connectivity index (χ1n) is 8.32. The van der Waals surface area contributed by atoms with Gasteiger partial charge < -0.3 is 15.6 Å². The second kappa shape index (κ2) is 8.87. The minimum atomic E-state index is -5.07. The van der Waals surface area contributed by atoms with Gasteiger partial charge in [-0.15, -0.1) is 0 Å². The van der Waals surface area contributed by atoms with Crippen LogP contribution in [0.1, 0.15) is 58.8 Å². The number of nitrogens with two attached hydrogens (primary N) is 1. The molecule has 136 valence electrons. The average Bonchev–Trinajstić information content (AvgIpc) is 2.45. The van der Waals surface area contributed by atoms with Crippen LogP contribution in [0, 0.1) is 11.8 Å². The fourth-order valence-corrected chi connectivity index (χ4v) is 3.15. The first kappa shape index (κ1) is 20.2. The van der Waals surface area contributed by atoms with Crippen molar-refractivity contribution in [1.82, 2.24) is 0 Å². The van der Waals surface area contributed by atoms with Gasteiger partial charge in [-0.05, 0) is 24.7 Å². The van der Waals surface area contributed by atoms with E-state index in [0.717, 1.165) is 25.7 Å². The first-order chi connectivity index (χ1) is 10.6. The highest BCUT2D eigenvalue weighted by Gasteiger charge is 2.44. The van der Waals surface area contributed by atoms with Crippen molar-refractivity contribution >= 4 is 5.97 Å². The summed E-state index contributed by atoms with van der Waals surface area (Å²) in [6.07, 6.45) is -1.43. The molecule has 1 aliphatic carbocycles. The number of carbonyl (C=O) groups is 1. The first-order valence-corrected chi connectivity index (χ1v) is 8.32. The van der Waals surface area contributed by atoms with E-state index < -0.39 is 30.4 Å². The van der Waals surface area contributed by atoms with E-state index in [1.807, 2.05) is 0 Å². The molecule has 1 aliphatic rings. The van der Waals surface area contributed by atoms with Gasteiger partial charge in [0.05, 0.1) is 0 Å². The van der Waals surface area contributed by atoms with Crippen LogP contribution in [0.4, 0.5) is 13.2 Å². The van der Waals surface area contributed by atoms with E-state index in [0.29, 0.717) is 12.3 Å². The molecule has 0 aliphatic heterocycles. The van der Waals surface area contributed by atoms with Crippen molar-refractivity contribution in [2.24, 2.45) is 17.6 Å². The minimum Gasteiger partial charge on any atom is -0.453 e. The topological polar surface area (TPSA) is 72.5 Å². The van der Waals surface area contributed by atoms with E-state index in [-0.39, 0.29) is 12.3 Å². The van der Waals surface area contributed by atoms with Gasteiger partial charge in [0.1, 0.15) is 12.2 Å². The maximum Gasteiger partial charge on any atom is 0.490 e. The summed E-state index contributed by atoms with van der Waals surface area (Å²) in [5, 5.41) is 10.3. The largest absolute Gasteiger partial charge is 0.490 e. The zero-order valence-corrected chi connectivity index (χ0v) is 13.8. The zero-order valence-electron chi connectivity index (χ0n) is 13.8. The summed E-state index contributed by atoms with van der Waals surface area (Å²) >= 11 is 0. The van der Waals surface area contributed by atoms with Crippen LogP contribution >= 0.6 is 0 Å². The van der Waals surface area contributed by atoms with Crippen LogP contribution < -0.4 is 5.73 Å². The van der Waals surface area contributed by atoms with Crippen LogP contribution in [-0.2, 0) is 9.53 Å². The summed E-state index contributed by atoms with van der Waals surface area (Å²) in [6.45, 7) is 3.57. The molecule has 0 aromatic heterocycles. The number of esters is 1. The standard InChI is InChI=1S/C16H28F3NO3/c1-10(2)8-13(23-15(22)16(17,18)19)14(21)12(20)9-11-6-4-3-5-7-11/h10-14,21H,3-9,20H2,1-2H3/t12-,13-,14+/m0/s1. The predicted molar refractivity (Wildman–Crippen MR) is 80.6 cm³/mol. The Morgan fingerprint density at radius 3 is 2.30 bits per heavy atom. The van der Waals surface area contributed by atoms with Crippen molar-refractivity contribution in [3.63, 3.8) is 0 Å². The minimum absolute atomic E-state index is 0.0300. The summed E-state index contributed by atoms with van der Waals surface area (Å²) in [7, 11) is 0. The molecule has 0 radical (unpaired) electrons. The number of aliphatic hydroxyl groups excluding tert-OH is 1. The van der Waals surface area contributed by atoms with E-state index >= 15 is 0 Å². The van der Waals surface area contributed by atoms with E-state index in [1.54, 1.807) is 13.8 Å². The van der Waals surface area contributed by atoms with Crippen molar-refractivity contribution < 1.29 is 27.8 Å². The molecule has 0 bridgehead atoms. The van der Waals surface area contributed by atoms with Gasteiger partial charge in [0.15, 0.2) is 0 Å². The predicted octanol–water partition coefficient (Wildman–Crippen LogP) is 3.17. The van der Waals surface area contributed by atoms with Gasteiger partial charge in [0, 0.05) is 6.04 Å². The molecular weight excluding hydrogens is 311 g/mol. The van der Waals surface area contributed by atoms with Gasteiger partial charge in [-0.3, -0.25) is 0 Å². The highest BCUT2D eigenvalue weighted by atomic mass is 19.4. The van der Waals surface area contributed by atoms with E-state index in [1.165, 1.54) is 6.42 Å². The Balaban J connectivity index is 2.65. The third-order valence-corrected chi connectivity index (χ3v) is 4.34. The Bertz CT molecular complexity index is 368. The smallest absolute Gasteiger partial charge is 0.453 e. The molecule has 0 amide bonds. The van der Waals surface area contributed by atoms with Crippen molar-refractivity contribution in [1.29, 1.82) is 0 Å². The number of aliphatic hydroxyl groups is 1. The second-order valence-electron chi connectivity index (χ2n) is 6.97. The van der Waals surface area contributed by atoms with Gasteiger partial charge in [-0.2, -0.15) is 13.2 Å². The number of alkyl halides is 3. The molecule has 1 rings (SSSR count). The molecule has 0 heterocycles. The maximum atomic E-state index is 12.4. The fourth-order valence-electron chi connectivity index (χ4n) is 3.15. The van der Waals surface area contributed by atoms with Gasteiger partial charge in [-0.25, -0.2) is 4.79 Å². The molecule has 3 atom stereocenters. The lowest BCUT2D eigenvalue weighted by Crippen LogP contribution is -2.47. The summed E-state index contributed by atoms with van der Waals surface area (Å²) < 4.78 is 41.7. The Morgan fingerprint density at radius 1 is 1.26 bits per heavy atom. The molecule has 0 aromatic rings. The lowest BCUT2D eigenvalue weighted by molar-refractivity contribution is -0.210. The Labute approximate surface area is 135 Å². The molecule has 23 heavy (non-hydrogen) atoms. The maximum absolute atomic E-state index is 12.4.